The molecule has 0 radical (unpaired) electrons. The van der Waals surface area contributed by atoms with Crippen molar-refractivity contribution in [1.82, 2.24) is 9.80 Å². The van der Waals surface area contributed by atoms with Crippen molar-refractivity contribution < 1.29 is 19.4 Å². The van der Waals surface area contributed by atoms with Crippen LogP contribution in [0.1, 0.15) is 51.0 Å². The van der Waals surface area contributed by atoms with E-state index in [0.717, 1.165) is 44.3 Å². The first-order valence-corrected chi connectivity index (χ1v) is 12.0. The van der Waals surface area contributed by atoms with E-state index in [1.54, 1.807) is 0 Å². The van der Waals surface area contributed by atoms with Crippen LogP contribution in [0.3, 0.4) is 0 Å². The van der Waals surface area contributed by atoms with Gasteiger partial charge < -0.3 is 19.5 Å². The normalized spacial score (nSPS) is 32.4. The minimum absolute atomic E-state index is 0.0353. The average molecular weight is 431 g/mol. The molecule has 1 saturated carbocycles. The third kappa shape index (κ3) is 5.14. The van der Waals surface area contributed by atoms with Crippen LogP contribution in [-0.4, -0.2) is 78.1 Å². The second kappa shape index (κ2) is 9.99. The van der Waals surface area contributed by atoms with Gasteiger partial charge in [-0.05, 0) is 64.1 Å². The van der Waals surface area contributed by atoms with Crippen LogP contribution in [0.2, 0.25) is 0 Å². The number of nitrogens with zero attached hydrogens (tertiary/aromatic N) is 2. The first-order chi connectivity index (χ1) is 15.0. The summed E-state index contributed by atoms with van der Waals surface area (Å²) < 4.78 is 11.8. The topological polar surface area (TPSA) is 62.2 Å². The van der Waals surface area contributed by atoms with Crippen LogP contribution >= 0.6 is 0 Å². The molecule has 1 aliphatic carbocycles. The average Bonchev–Trinajstić information content (AvgIpc) is 3.45. The monoisotopic (exact) mass is 430 g/mol. The van der Waals surface area contributed by atoms with E-state index in [1.165, 1.54) is 12.8 Å². The van der Waals surface area contributed by atoms with E-state index in [1.807, 2.05) is 49.2 Å². The number of amides is 1. The highest BCUT2D eigenvalue weighted by atomic mass is 16.6. The predicted molar refractivity (Wildman–Crippen MR) is 120 cm³/mol. The number of ether oxygens (including phenoxy) is 2. The van der Waals surface area contributed by atoms with Crippen LogP contribution < -0.4 is 0 Å². The summed E-state index contributed by atoms with van der Waals surface area (Å²) in [7, 11) is 1.98. The lowest BCUT2D eigenvalue weighted by Crippen LogP contribution is -2.58. The van der Waals surface area contributed by atoms with E-state index >= 15 is 0 Å². The van der Waals surface area contributed by atoms with Gasteiger partial charge in [0.25, 0.3) is 0 Å². The van der Waals surface area contributed by atoms with Gasteiger partial charge >= 0.3 is 0 Å². The maximum absolute atomic E-state index is 13.1. The van der Waals surface area contributed by atoms with Crippen LogP contribution in [0.5, 0.6) is 0 Å². The summed E-state index contributed by atoms with van der Waals surface area (Å²) in [5, 5.41) is 10.3. The first-order valence-electron chi connectivity index (χ1n) is 12.0. The van der Waals surface area contributed by atoms with E-state index in [-0.39, 0.29) is 23.5 Å². The lowest BCUT2D eigenvalue weighted by atomic mass is 9.74. The number of carbonyl (C=O) groups is 1. The number of hydrogen-bond donors (Lipinski definition) is 1. The Hall–Kier alpha value is -1.47. The van der Waals surface area contributed by atoms with Crippen molar-refractivity contribution in [2.75, 3.05) is 33.4 Å². The molecular weight excluding hydrogens is 392 g/mol. The van der Waals surface area contributed by atoms with Gasteiger partial charge in [0, 0.05) is 31.7 Å². The van der Waals surface area contributed by atoms with Gasteiger partial charge in [-0.25, -0.2) is 0 Å². The molecule has 0 aromatic heterocycles. The minimum Gasteiger partial charge on any atom is -0.374 e. The Morgan fingerprint density at radius 3 is 2.74 bits per heavy atom. The Morgan fingerprint density at radius 2 is 2.03 bits per heavy atom. The molecule has 6 nitrogen and oxygen atoms in total. The molecule has 2 heterocycles. The van der Waals surface area contributed by atoms with E-state index < -0.39 is 6.29 Å². The van der Waals surface area contributed by atoms with Gasteiger partial charge in [0.2, 0.25) is 5.91 Å². The molecule has 31 heavy (non-hydrogen) atoms. The fourth-order valence-corrected chi connectivity index (χ4v) is 5.89. The van der Waals surface area contributed by atoms with Crippen molar-refractivity contribution in [2.45, 2.75) is 75.8 Å². The van der Waals surface area contributed by atoms with E-state index in [0.29, 0.717) is 25.7 Å². The maximum Gasteiger partial charge on any atom is 0.227 e. The number of aliphatic hydroxyl groups excluding tert-OH is 1. The summed E-state index contributed by atoms with van der Waals surface area (Å²) in [5.74, 6) is 0.224. The smallest absolute Gasteiger partial charge is 0.227 e. The van der Waals surface area contributed by atoms with Crippen molar-refractivity contribution >= 4 is 5.91 Å². The zero-order valence-corrected chi connectivity index (χ0v) is 19.0. The van der Waals surface area contributed by atoms with Crippen LogP contribution in [0.25, 0.3) is 0 Å². The van der Waals surface area contributed by atoms with Crippen molar-refractivity contribution in [3.63, 3.8) is 0 Å². The van der Waals surface area contributed by atoms with Gasteiger partial charge in [0.15, 0.2) is 6.29 Å². The summed E-state index contributed by atoms with van der Waals surface area (Å²) in [6.07, 6.45) is 5.79. The van der Waals surface area contributed by atoms with Crippen molar-refractivity contribution in [1.29, 1.82) is 0 Å². The van der Waals surface area contributed by atoms with Crippen molar-refractivity contribution in [3.05, 3.63) is 35.9 Å². The maximum atomic E-state index is 13.1. The fraction of sp³-hybridized carbons (Fsp3) is 0.720. The number of carbonyl (C=O) groups excluding carboxylic acids is 1. The largest absolute Gasteiger partial charge is 0.374 e. The minimum atomic E-state index is -0.748. The molecule has 172 valence electrons. The highest BCUT2D eigenvalue weighted by molar-refractivity contribution is 5.79. The Bertz CT molecular complexity index is 723. The molecular formula is C25H38N2O4. The van der Waals surface area contributed by atoms with E-state index in [2.05, 4.69) is 4.90 Å². The molecule has 0 bridgehead atoms. The molecule has 4 rings (SSSR count). The molecule has 1 amide bonds. The Morgan fingerprint density at radius 1 is 1.29 bits per heavy atom. The summed E-state index contributed by atoms with van der Waals surface area (Å²) >= 11 is 0. The molecule has 2 aliphatic heterocycles. The predicted octanol–water partition coefficient (Wildman–Crippen LogP) is 2.83. The second-order valence-corrected chi connectivity index (χ2v) is 9.59. The molecule has 5 atom stereocenters. The Kier molecular flexibility index (Phi) is 7.32. The highest BCUT2D eigenvalue weighted by Gasteiger charge is 2.51. The van der Waals surface area contributed by atoms with Gasteiger partial charge in [-0.2, -0.15) is 0 Å². The number of rotatable bonds is 7. The quantitative estimate of drug-likeness (QED) is 0.674. The van der Waals surface area contributed by atoms with Crippen LogP contribution in [-0.2, 0) is 20.7 Å². The molecule has 2 saturated heterocycles. The van der Waals surface area contributed by atoms with Crippen molar-refractivity contribution in [2.24, 2.45) is 5.92 Å². The number of aliphatic hydroxyl groups is 1. The Labute approximate surface area is 186 Å². The standard InChI is InChI=1S/C25H38N2O4/c1-3-30-24(29)20-16-25(31-18-20)12-11-21(22(17-25)27-13-7-8-14-27)26(2)23(28)15-19-9-5-4-6-10-19/h4-6,9-10,20-22,24,29H,3,7-8,11-18H2,1-2H3/t20?,21-,22-,24?,25+/m0/s1. The number of hydrogen-bond acceptors (Lipinski definition) is 5. The second-order valence-electron chi connectivity index (χ2n) is 9.59. The molecule has 1 spiro atoms. The molecule has 1 aromatic rings. The van der Waals surface area contributed by atoms with Gasteiger partial charge in [0.05, 0.1) is 18.6 Å². The van der Waals surface area contributed by atoms with E-state index in [9.17, 15) is 9.90 Å². The third-order valence-electron chi connectivity index (χ3n) is 7.60. The summed E-state index contributed by atoms with van der Waals surface area (Å²) in [6.45, 7) is 5.18. The van der Waals surface area contributed by atoms with Gasteiger partial charge in [-0.1, -0.05) is 30.3 Å². The number of benzene rings is 1. The Balaban J connectivity index is 1.45. The molecule has 3 fully saturated rings. The third-order valence-corrected chi connectivity index (χ3v) is 7.60. The summed E-state index contributed by atoms with van der Waals surface area (Å²) in [5.41, 5.74) is 0.867. The van der Waals surface area contributed by atoms with Gasteiger partial charge in [0.1, 0.15) is 0 Å². The van der Waals surface area contributed by atoms with Crippen LogP contribution in [0.15, 0.2) is 30.3 Å². The lowest BCUT2D eigenvalue weighted by molar-refractivity contribution is -0.137. The number of likely N-dealkylation sites (N-methyl/N-ethyl adjacent to an activating group) is 1. The highest BCUT2D eigenvalue weighted by Crippen LogP contribution is 2.45. The van der Waals surface area contributed by atoms with Crippen molar-refractivity contribution in [3.8, 4) is 0 Å². The molecule has 3 aliphatic rings. The van der Waals surface area contributed by atoms with Crippen LogP contribution in [0.4, 0.5) is 0 Å². The van der Waals surface area contributed by atoms with Gasteiger partial charge in [-0.3, -0.25) is 9.69 Å². The zero-order chi connectivity index (χ0) is 21.8. The summed E-state index contributed by atoms with van der Waals surface area (Å²) in [6, 6.07) is 10.5. The SMILES string of the molecule is CCOC(O)C1CO[C@]2(CC[C@H](N(C)C(=O)Cc3ccccc3)[C@@H](N3CCCC3)C2)C1. The fourth-order valence-electron chi connectivity index (χ4n) is 5.89. The molecule has 1 N–H and O–H groups in total. The molecule has 6 heteroatoms. The number of likely N-dealkylation sites (tertiary alicyclic amines) is 1. The lowest BCUT2D eigenvalue weighted by Gasteiger charge is -2.48. The van der Waals surface area contributed by atoms with E-state index in [4.69, 9.17) is 9.47 Å². The first kappa shape index (κ1) is 22.7. The zero-order valence-electron chi connectivity index (χ0n) is 19.0. The summed E-state index contributed by atoms with van der Waals surface area (Å²) in [4.78, 5) is 17.7. The van der Waals surface area contributed by atoms with Gasteiger partial charge in [-0.15, -0.1) is 0 Å². The molecule has 2 unspecified atom stereocenters. The molecule has 1 aromatic carbocycles. The van der Waals surface area contributed by atoms with Crippen LogP contribution in [0, 0.1) is 5.92 Å².